The van der Waals surface area contributed by atoms with E-state index in [0.717, 1.165) is 16.7 Å². The Bertz CT molecular complexity index is 944. The molecule has 2 saturated heterocycles. The van der Waals surface area contributed by atoms with Crippen molar-refractivity contribution in [3.63, 3.8) is 0 Å². The molecule has 0 aliphatic carbocycles. The predicted octanol–water partition coefficient (Wildman–Crippen LogP) is 2.02. The van der Waals surface area contributed by atoms with Crippen molar-refractivity contribution >= 4 is 56.3 Å². The predicted molar refractivity (Wildman–Crippen MR) is 104 cm³/mol. The van der Waals surface area contributed by atoms with Gasteiger partial charge < -0.3 is 4.90 Å². The molecular weight excluding hydrogens is 412 g/mol. The zero-order valence-corrected chi connectivity index (χ0v) is 16.8. The van der Waals surface area contributed by atoms with Gasteiger partial charge in [0.2, 0.25) is 5.91 Å². The van der Waals surface area contributed by atoms with Crippen LogP contribution < -0.4 is 0 Å². The van der Waals surface area contributed by atoms with Crippen LogP contribution in [0.1, 0.15) is 12.0 Å². The number of sulfone groups is 1. The lowest BCUT2D eigenvalue weighted by atomic mass is 10.2. The fraction of sp³-hybridized carbons (Fsp3) is 0.353. The summed E-state index contributed by atoms with van der Waals surface area (Å²) < 4.78 is 23.2. The van der Waals surface area contributed by atoms with Crippen LogP contribution in [0.5, 0.6) is 0 Å². The molecule has 0 aromatic heterocycles. The molecule has 0 saturated carbocycles. The van der Waals surface area contributed by atoms with Crippen LogP contribution in [0.3, 0.4) is 0 Å². The Morgan fingerprint density at radius 1 is 1.37 bits per heavy atom. The van der Waals surface area contributed by atoms with Gasteiger partial charge in [0.15, 0.2) is 9.84 Å². The number of carbonyl (C=O) groups excluding carboxylic acids is 3. The second kappa shape index (κ2) is 7.65. The van der Waals surface area contributed by atoms with Crippen molar-refractivity contribution < 1.29 is 22.8 Å². The molecule has 10 heteroatoms. The quantitative estimate of drug-likeness (QED) is 0.681. The SMILES string of the molecule is CN(C(=O)CN1C(=O)S/C(=C\c2ccccc2Cl)C1=O)C1CCS(=O)(=O)C1. The van der Waals surface area contributed by atoms with Crippen molar-refractivity contribution in [1.82, 2.24) is 9.80 Å². The summed E-state index contributed by atoms with van der Waals surface area (Å²) >= 11 is 6.82. The van der Waals surface area contributed by atoms with Crippen LogP contribution in [-0.2, 0) is 19.4 Å². The lowest BCUT2D eigenvalue weighted by Gasteiger charge is -2.25. The normalized spacial score (nSPS) is 23.3. The Kier molecular flexibility index (Phi) is 5.64. The monoisotopic (exact) mass is 428 g/mol. The first-order chi connectivity index (χ1) is 12.7. The fourth-order valence-corrected chi connectivity index (χ4v) is 5.69. The largest absolute Gasteiger partial charge is 0.340 e. The van der Waals surface area contributed by atoms with Gasteiger partial charge in [-0.2, -0.15) is 0 Å². The van der Waals surface area contributed by atoms with Gasteiger partial charge in [0.05, 0.1) is 16.4 Å². The molecule has 1 aromatic rings. The second-order valence-electron chi connectivity index (χ2n) is 6.35. The molecule has 0 N–H and O–H groups in total. The van der Waals surface area contributed by atoms with Gasteiger partial charge in [-0.1, -0.05) is 29.8 Å². The number of imide groups is 1. The summed E-state index contributed by atoms with van der Waals surface area (Å²) in [5.74, 6) is -1.09. The van der Waals surface area contributed by atoms with Crippen molar-refractivity contribution in [1.29, 1.82) is 0 Å². The summed E-state index contributed by atoms with van der Waals surface area (Å²) in [7, 11) is -1.64. The van der Waals surface area contributed by atoms with Gasteiger partial charge in [-0.15, -0.1) is 0 Å². The molecule has 144 valence electrons. The van der Waals surface area contributed by atoms with Crippen molar-refractivity contribution in [3.8, 4) is 0 Å². The number of hydrogen-bond donors (Lipinski definition) is 0. The molecule has 27 heavy (non-hydrogen) atoms. The third-order valence-corrected chi connectivity index (χ3v) is 7.51. The average molecular weight is 429 g/mol. The maximum Gasteiger partial charge on any atom is 0.294 e. The minimum Gasteiger partial charge on any atom is -0.340 e. The van der Waals surface area contributed by atoms with Gasteiger partial charge in [-0.25, -0.2) is 8.42 Å². The van der Waals surface area contributed by atoms with Gasteiger partial charge in [0, 0.05) is 18.1 Å². The number of hydrogen-bond acceptors (Lipinski definition) is 6. The fourth-order valence-electron chi connectivity index (χ4n) is 2.90. The van der Waals surface area contributed by atoms with Crippen LogP contribution in [-0.4, -0.2) is 66.4 Å². The van der Waals surface area contributed by atoms with Crippen LogP contribution >= 0.6 is 23.4 Å². The first kappa shape index (κ1) is 19.9. The smallest absolute Gasteiger partial charge is 0.294 e. The highest BCUT2D eigenvalue weighted by Gasteiger charge is 2.39. The summed E-state index contributed by atoms with van der Waals surface area (Å²) in [5.41, 5.74) is 0.601. The van der Waals surface area contributed by atoms with E-state index < -0.39 is 39.5 Å². The van der Waals surface area contributed by atoms with E-state index in [1.165, 1.54) is 18.0 Å². The number of carbonyl (C=O) groups is 3. The molecule has 1 unspecified atom stereocenters. The Labute approximate surface area is 166 Å². The number of amides is 3. The molecule has 0 radical (unpaired) electrons. The molecular formula is C17H17ClN2O5S2. The number of thioether (sulfide) groups is 1. The average Bonchev–Trinajstić information content (AvgIpc) is 3.10. The molecule has 2 fully saturated rings. The van der Waals surface area contributed by atoms with E-state index in [-0.39, 0.29) is 16.4 Å². The lowest BCUT2D eigenvalue weighted by Crippen LogP contribution is -2.45. The van der Waals surface area contributed by atoms with Crippen LogP contribution in [0.25, 0.3) is 6.08 Å². The highest BCUT2D eigenvalue weighted by Crippen LogP contribution is 2.33. The van der Waals surface area contributed by atoms with Gasteiger partial charge in [-0.3, -0.25) is 19.3 Å². The van der Waals surface area contributed by atoms with Gasteiger partial charge in [-0.05, 0) is 35.9 Å². The molecule has 0 spiro atoms. The minimum absolute atomic E-state index is 0.0391. The summed E-state index contributed by atoms with van der Waals surface area (Å²) in [6.07, 6.45) is 1.88. The Morgan fingerprint density at radius 2 is 2.07 bits per heavy atom. The molecule has 1 atom stereocenters. The van der Waals surface area contributed by atoms with Crippen LogP contribution in [0.4, 0.5) is 4.79 Å². The van der Waals surface area contributed by atoms with Gasteiger partial charge in [0.1, 0.15) is 6.54 Å². The molecule has 2 aliphatic heterocycles. The Hall–Kier alpha value is -1.84. The van der Waals surface area contributed by atoms with E-state index in [1.54, 1.807) is 24.3 Å². The van der Waals surface area contributed by atoms with E-state index in [4.69, 9.17) is 11.6 Å². The molecule has 0 bridgehead atoms. The molecule has 7 nitrogen and oxygen atoms in total. The number of nitrogens with zero attached hydrogens (tertiary/aromatic N) is 2. The number of likely N-dealkylation sites (N-methyl/N-ethyl adjacent to an activating group) is 1. The molecule has 2 heterocycles. The van der Waals surface area contributed by atoms with Crippen molar-refractivity contribution in [2.24, 2.45) is 0 Å². The topological polar surface area (TPSA) is 91.8 Å². The molecule has 3 amide bonds. The van der Waals surface area contributed by atoms with E-state index >= 15 is 0 Å². The minimum atomic E-state index is -3.14. The molecule has 1 aromatic carbocycles. The van der Waals surface area contributed by atoms with E-state index in [0.29, 0.717) is 17.0 Å². The third-order valence-electron chi connectivity index (χ3n) is 4.51. The molecule has 3 rings (SSSR count). The number of rotatable bonds is 4. The third kappa shape index (κ3) is 4.36. The maximum atomic E-state index is 12.5. The second-order valence-corrected chi connectivity index (χ2v) is 9.98. The van der Waals surface area contributed by atoms with Crippen LogP contribution in [0.2, 0.25) is 5.02 Å². The van der Waals surface area contributed by atoms with E-state index in [2.05, 4.69) is 0 Å². The first-order valence-corrected chi connectivity index (χ1v) is 11.2. The summed E-state index contributed by atoms with van der Waals surface area (Å²) in [5, 5.41) is -0.0957. The standard InChI is InChI=1S/C17H17ClN2O5S2/c1-19(12-6-7-27(24,25)10-12)15(21)9-20-16(22)14(26-17(20)23)8-11-4-2-3-5-13(11)18/h2-5,8,12H,6-7,9-10H2,1H3/b14-8-. The Balaban J connectivity index is 1.70. The van der Waals surface area contributed by atoms with E-state index in [1.807, 2.05) is 0 Å². The Morgan fingerprint density at radius 3 is 2.70 bits per heavy atom. The van der Waals surface area contributed by atoms with Gasteiger partial charge in [0.25, 0.3) is 11.1 Å². The summed E-state index contributed by atoms with van der Waals surface area (Å²) in [4.78, 5) is 39.5. The highest BCUT2D eigenvalue weighted by atomic mass is 35.5. The van der Waals surface area contributed by atoms with Crippen molar-refractivity contribution in [3.05, 3.63) is 39.8 Å². The zero-order chi connectivity index (χ0) is 19.8. The van der Waals surface area contributed by atoms with E-state index in [9.17, 15) is 22.8 Å². The summed E-state index contributed by atoms with van der Waals surface area (Å²) in [6.45, 7) is -0.419. The van der Waals surface area contributed by atoms with Crippen LogP contribution in [0.15, 0.2) is 29.2 Å². The zero-order valence-electron chi connectivity index (χ0n) is 14.4. The van der Waals surface area contributed by atoms with Crippen molar-refractivity contribution in [2.75, 3.05) is 25.1 Å². The number of halogens is 1. The maximum absolute atomic E-state index is 12.5. The van der Waals surface area contributed by atoms with Crippen LogP contribution in [0, 0.1) is 0 Å². The van der Waals surface area contributed by atoms with Crippen molar-refractivity contribution in [2.45, 2.75) is 12.5 Å². The first-order valence-electron chi connectivity index (χ1n) is 8.14. The van der Waals surface area contributed by atoms with Gasteiger partial charge >= 0.3 is 0 Å². The number of benzene rings is 1. The molecule has 2 aliphatic rings. The summed E-state index contributed by atoms with van der Waals surface area (Å²) in [6, 6.07) is 6.47. The lowest BCUT2D eigenvalue weighted by molar-refractivity contribution is -0.136. The highest BCUT2D eigenvalue weighted by molar-refractivity contribution is 8.18.